The maximum absolute atomic E-state index is 13.1. The molecule has 118 valence electrons. The fourth-order valence-corrected chi connectivity index (χ4v) is 3.76. The van der Waals surface area contributed by atoms with Gasteiger partial charge in [0.2, 0.25) is 11.8 Å². The Morgan fingerprint density at radius 3 is 2.24 bits per heavy atom. The second-order valence-corrected chi connectivity index (χ2v) is 6.68. The monoisotopic (exact) mass is 292 g/mol. The van der Waals surface area contributed by atoms with Crippen LogP contribution in [0.4, 0.5) is 0 Å². The van der Waals surface area contributed by atoms with Gasteiger partial charge in [-0.15, -0.1) is 0 Å². The van der Waals surface area contributed by atoms with Crippen molar-refractivity contribution < 1.29 is 9.59 Å². The third-order valence-electron chi connectivity index (χ3n) is 5.26. The van der Waals surface area contributed by atoms with Crippen molar-refractivity contribution in [3.05, 3.63) is 11.6 Å². The predicted molar refractivity (Wildman–Crippen MR) is 83.8 cm³/mol. The highest BCUT2D eigenvalue weighted by Gasteiger charge is 2.57. The van der Waals surface area contributed by atoms with Crippen molar-refractivity contribution in [1.82, 2.24) is 10.2 Å². The number of hydrogen-bond acceptors (Lipinski definition) is 2. The number of rotatable bonds is 4. The first-order valence-corrected chi connectivity index (χ1v) is 8.20. The first-order valence-electron chi connectivity index (χ1n) is 8.20. The molecule has 0 aromatic rings. The van der Waals surface area contributed by atoms with Crippen LogP contribution >= 0.6 is 0 Å². The van der Waals surface area contributed by atoms with E-state index in [9.17, 15) is 9.59 Å². The lowest BCUT2D eigenvalue weighted by atomic mass is 9.80. The summed E-state index contributed by atoms with van der Waals surface area (Å²) in [5.74, 6) is 0.164. The Morgan fingerprint density at radius 1 is 1.19 bits per heavy atom. The van der Waals surface area contributed by atoms with Crippen LogP contribution in [0.5, 0.6) is 0 Å². The lowest BCUT2D eigenvalue weighted by Crippen LogP contribution is -2.74. The van der Waals surface area contributed by atoms with Gasteiger partial charge in [-0.2, -0.15) is 0 Å². The standard InChI is InChI=1S/C17H28N2O2/c1-5-17(6-2)14(20)18-16(10-7-8-11-16)15(21)19(17)12-9-13(3)4/h9H,5-8,10-12H2,1-4H3,(H,18,20). The van der Waals surface area contributed by atoms with E-state index < -0.39 is 11.1 Å². The highest BCUT2D eigenvalue weighted by atomic mass is 16.2. The summed E-state index contributed by atoms with van der Waals surface area (Å²) < 4.78 is 0. The Balaban J connectivity index is 2.41. The molecule has 2 aliphatic rings. The second-order valence-electron chi connectivity index (χ2n) is 6.68. The number of nitrogens with zero attached hydrogens (tertiary/aromatic N) is 1. The molecule has 4 nitrogen and oxygen atoms in total. The zero-order valence-electron chi connectivity index (χ0n) is 13.8. The number of amides is 2. The molecule has 0 unspecified atom stereocenters. The second kappa shape index (κ2) is 5.82. The molecule has 1 aliphatic heterocycles. The molecule has 0 radical (unpaired) electrons. The molecule has 2 amide bonds. The molecule has 0 aromatic carbocycles. The van der Waals surface area contributed by atoms with Crippen molar-refractivity contribution in [1.29, 1.82) is 0 Å². The molecule has 1 heterocycles. The lowest BCUT2D eigenvalue weighted by molar-refractivity contribution is -0.163. The van der Waals surface area contributed by atoms with E-state index in [0.717, 1.165) is 25.7 Å². The SMILES string of the molecule is CCC1(CC)C(=O)NC2(CCCC2)C(=O)N1CC=C(C)C. The van der Waals surface area contributed by atoms with Gasteiger partial charge in [0.15, 0.2) is 0 Å². The molecule has 2 rings (SSSR count). The molecule has 4 heteroatoms. The predicted octanol–water partition coefficient (Wildman–Crippen LogP) is 2.78. The van der Waals surface area contributed by atoms with Crippen molar-refractivity contribution in [2.45, 2.75) is 77.3 Å². The molecule has 2 fully saturated rings. The van der Waals surface area contributed by atoms with Gasteiger partial charge in [-0.1, -0.05) is 38.3 Å². The van der Waals surface area contributed by atoms with Gasteiger partial charge in [-0.05, 0) is 39.5 Å². The maximum Gasteiger partial charge on any atom is 0.249 e. The van der Waals surface area contributed by atoms with Crippen LogP contribution in [0.25, 0.3) is 0 Å². The molecule has 0 bridgehead atoms. The first-order chi connectivity index (χ1) is 9.92. The Hall–Kier alpha value is -1.32. The van der Waals surface area contributed by atoms with Crippen LogP contribution in [0.15, 0.2) is 11.6 Å². The van der Waals surface area contributed by atoms with Gasteiger partial charge in [0.1, 0.15) is 11.1 Å². The van der Waals surface area contributed by atoms with Gasteiger partial charge in [-0.3, -0.25) is 9.59 Å². The molecule has 1 saturated carbocycles. The largest absolute Gasteiger partial charge is 0.340 e. The highest BCUT2D eigenvalue weighted by Crippen LogP contribution is 2.39. The van der Waals surface area contributed by atoms with Crippen LogP contribution < -0.4 is 5.32 Å². The summed E-state index contributed by atoms with van der Waals surface area (Å²) >= 11 is 0. The molecular weight excluding hydrogens is 264 g/mol. The highest BCUT2D eigenvalue weighted by molar-refractivity contribution is 6.02. The molecule has 1 N–H and O–H groups in total. The van der Waals surface area contributed by atoms with Crippen LogP contribution in [-0.4, -0.2) is 34.3 Å². The third-order valence-corrected chi connectivity index (χ3v) is 5.26. The minimum atomic E-state index is -0.684. The molecule has 1 saturated heterocycles. The number of allylic oxidation sites excluding steroid dienone is 1. The van der Waals surface area contributed by atoms with Crippen molar-refractivity contribution in [2.75, 3.05) is 6.54 Å². The summed E-state index contributed by atoms with van der Waals surface area (Å²) in [6, 6.07) is 0. The van der Waals surface area contributed by atoms with Crippen LogP contribution in [0, 0.1) is 0 Å². The summed E-state index contributed by atoms with van der Waals surface area (Å²) in [6.45, 7) is 8.59. The van der Waals surface area contributed by atoms with Crippen LogP contribution in [0.1, 0.15) is 66.2 Å². The summed E-state index contributed by atoms with van der Waals surface area (Å²) in [6.07, 6.45) is 6.99. The fourth-order valence-electron chi connectivity index (χ4n) is 3.76. The van der Waals surface area contributed by atoms with E-state index in [2.05, 4.69) is 11.4 Å². The number of carbonyl (C=O) groups is 2. The van der Waals surface area contributed by atoms with E-state index in [1.165, 1.54) is 5.57 Å². The van der Waals surface area contributed by atoms with Crippen LogP contribution in [-0.2, 0) is 9.59 Å². The van der Waals surface area contributed by atoms with E-state index >= 15 is 0 Å². The minimum Gasteiger partial charge on any atom is -0.340 e. The zero-order chi connectivity index (χ0) is 15.7. The number of carbonyl (C=O) groups excluding carboxylic acids is 2. The molecule has 1 spiro atoms. The molecular formula is C17H28N2O2. The average Bonchev–Trinajstić information content (AvgIpc) is 2.91. The van der Waals surface area contributed by atoms with Gasteiger partial charge in [0, 0.05) is 6.54 Å². The fraction of sp³-hybridized carbons (Fsp3) is 0.765. The van der Waals surface area contributed by atoms with Gasteiger partial charge >= 0.3 is 0 Å². The van der Waals surface area contributed by atoms with E-state index in [0.29, 0.717) is 19.4 Å². The number of hydrogen-bond donors (Lipinski definition) is 1. The maximum atomic E-state index is 13.1. The van der Waals surface area contributed by atoms with Gasteiger partial charge in [-0.25, -0.2) is 0 Å². The quantitative estimate of drug-likeness (QED) is 0.810. The Kier molecular flexibility index (Phi) is 4.45. The van der Waals surface area contributed by atoms with E-state index in [1.54, 1.807) is 0 Å². The van der Waals surface area contributed by atoms with Crippen molar-refractivity contribution in [3.8, 4) is 0 Å². The summed E-state index contributed by atoms with van der Waals surface area (Å²) in [5.41, 5.74) is -0.132. The van der Waals surface area contributed by atoms with Gasteiger partial charge in [0.05, 0.1) is 0 Å². The van der Waals surface area contributed by atoms with Crippen molar-refractivity contribution in [2.24, 2.45) is 0 Å². The summed E-state index contributed by atoms with van der Waals surface area (Å²) in [7, 11) is 0. The van der Waals surface area contributed by atoms with E-state index in [-0.39, 0.29) is 11.8 Å². The molecule has 0 aromatic heterocycles. The minimum absolute atomic E-state index is 0.0381. The van der Waals surface area contributed by atoms with Gasteiger partial charge < -0.3 is 10.2 Å². The molecule has 21 heavy (non-hydrogen) atoms. The van der Waals surface area contributed by atoms with E-state index in [4.69, 9.17) is 0 Å². The summed E-state index contributed by atoms with van der Waals surface area (Å²) in [5, 5.41) is 3.10. The lowest BCUT2D eigenvalue weighted by Gasteiger charge is -2.51. The number of nitrogens with one attached hydrogen (secondary N) is 1. The Bertz CT molecular complexity index is 453. The Labute approximate surface area is 128 Å². The van der Waals surface area contributed by atoms with Crippen molar-refractivity contribution >= 4 is 11.8 Å². The van der Waals surface area contributed by atoms with Gasteiger partial charge in [0.25, 0.3) is 0 Å². The summed E-state index contributed by atoms with van der Waals surface area (Å²) in [4.78, 5) is 27.8. The molecule has 1 aliphatic carbocycles. The van der Waals surface area contributed by atoms with E-state index in [1.807, 2.05) is 32.6 Å². The smallest absolute Gasteiger partial charge is 0.249 e. The van der Waals surface area contributed by atoms with Crippen LogP contribution in [0.2, 0.25) is 0 Å². The normalized spacial score (nSPS) is 23.3. The van der Waals surface area contributed by atoms with Crippen molar-refractivity contribution in [3.63, 3.8) is 0 Å². The van der Waals surface area contributed by atoms with Crippen LogP contribution in [0.3, 0.4) is 0 Å². The average molecular weight is 292 g/mol. The Morgan fingerprint density at radius 2 is 1.76 bits per heavy atom. The topological polar surface area (TPSA) is 49.4 Å². The first kappa shape index (κ1) is 16.1. The molecule has 0 atom stereocenters. The number of piperazine rings is 1. The zero-order valence-corrected chi connectivity index (χ0v) is 13.8. The third kappa shape index (κ3) is 2.49.